The SMILES string of the molecule is c1c2c(cc3nc(N4CCOCC4)c(CNC[C@@H]4CCCO4)cc13)CCC2. The minimum Gasteiger partial charge on any atom is -0.378 e. The Balaban J connectivity index is 1.44. The van der Waals surface area contributed by atoms with Crippen molar-refractivity contribution in [2.24, 2.45) is 0 Å². The van der Waals surface area contributed by atoms with Crippen LogP contribution in [0, 0.1) is 0 Å². The zero-order valence-electron chi connectivity index (χ0n) is 16.0. The van der Waals surface area contributed by atoms with Gasteiger partial charge in [-0.05, 0) is 61.4 Å². The van der Waals surface area contributed by atoms with E-state index in [-0.39, 0.29) is 0 Å². The fraction of sp³-hybridized carbons (Fsp3) is 0.591. The Hall–Kier alpha value is -1.69. The van der Waals surface area contributed by atoms with E-state index in [0.29, 0.717) is 6.10 Å². The van der Waals surface area contributed by atoms with Crippen LogP contribution in [-0.4, -0.2) is 50.5 Å². The zero-order valence-corrected chi connectivity index (χ0v) is 16.0. The van der Waals surface area contributed by atoms with E-state index in [2.05, 4.69) is 28.4 Å². The lowest BCUT2D eigenvalue weighted by atomic mass is 10.0. The second kappa shape index (κ2) is 7.74. The quantitative estimate of drug-likeness (QED) is 0.881. The van der Waals surface area contributed by atoms with Crippen molar-refractivity contribution in [3.05, 3.63) is 34.9 Å². The lowest BCUT2D eigenvalue weighted by Crippen LogP contribution is -2.38. The second-order valence-electron chi connectivity index (χ2n) is 8.00. The van der Waals surface area contributed by atoms with Crippen LogP contribution >= 0.6 is 0 Å². The summed E-state index contributed by atoms with van der Waals surface area (Å²) >= 11 is 0. The van der Waals surface area contributed by atoms with Crippen LogP contribution in [0.1, 0.15) is 36.0 Å². The van der Waals surface area contributed by atoms with E-state index in [0.717, 1.165) is 57.3 Å². The van der Waals surface area contributed by atoms with Crippen molar-refractivity contribution >= 4 is 16.7 Å². The minimum atomic E-state index is 0.369. The number of fused-ring (bicyclic) bond motifs is 2. The van der Waals surface area contributed by atoms with Crippen molar-refractivity contribution in [1.82, 2.24) is 10.3 Å². The molecule has 2 aliphatic heterocycles. The van der Waals surface area contributed by atoms with Gasteiger partial charge in [0.05, 0.1) is 24.8 Å². The number of nitrogens with one attached hydrogen (secondary N) is 1. The van der Waals surface area contributed by atoms with Gasteiger partial charge in [0.25, 0.3) is 0 Å². The molecular weight excluding hydrogens is 338 g/mol. The molecule has 0 bridgehead atoms. The largest absolute Gasteiger partial charge is 0.378 e. The number of anilines is 1. The van der Waals surface area contributed by atoms with Crippen LogP contribution in [0.5, 0.6) is 0 Å². The summed E-state index contributed by atoms with van der Waals surface area (Å²) < 4.78 is 11.3. The molecule has 2 fully saturated rings. The molecule has 0 amide bonds. The molecule has 3 heterocycles. The number of aryl methyl sites for hydroxylation is 2. The Morgan fingerprint density at radius 1 is 1.04 bits per heavy atom. The second-order valence-corrected chi connectivity index (χ2v) is 8.00. The fourth-order valence-electron chi connectivity index (χ4n) is 4.63. The summed E-state index contributed by atoms with van der Waals surface area (Å²) in [4.78, 5) is 7.51. The number of morpholine rings is 1. The van der Waals surface area contributed by atoms with Crippen molar-refractivity contribution in [1.29, 1.82) is 0 Å². The van der Waals surface area contributed by atoms with Gasteiger partial charge < -0.3 is 19.7 Å². The fourth-order valence-corrected chi connectivity index (χ4v) is 4.63. The molecule has 0 unspecified atom stereocenters. The Bertz CT molecular complexity index is 811. The number of aromatic nitrogens is 1. The van der Waals surface area contributed by atoms with Crippen LogP contribution in [0.3, 0.4) is 0 Å². The predicted octanol–water partition coefficient (Wildman–Crippen LogP) is 2.83. The summed E-state index contributed by atoms with van der Waals surface area (Å²) in [6.45, 7) is 6.08. The normalized spacial score (nSPS) is 22.5. The van der Waals surface area contributed by atoms with Gasteiger partial charge in [-0.3, -0.25) is 0 Å². The van der Waals surface area contributed by atoms with Crippen LogP contribution in [-0.2, 0) is 28.9 Å². The maximum Gasteiger partial charge on any atom is 0.133 e. The lowest BCUT2D eigenvalue weighted by Gasteiger charge is -2.30. The maximum atomic E-state index is 5.75. The standard InChI is InChI=1S/C22H29N3O2/c1-3-16-11-18-12-19(14-23-15-20-5-2-8-27-20)22(25-6-9-26-10-7-25)24-21(18)13-17(16)4-1/h11-13,20,23H,1-10,14-15H2/t20-/m0/s1. The molecule has 144 valence electrons. The number of hydrogen-bond acceptors (Lipinski definition) is 5. The molecule has 5 nitrogen and oxygen atoms in total. The highest BCUT2D eigenvalue weighted by atomic mass is 16.5. The van der Waals surface area contributed by atoms with Crippen LogP contribution in [0.15, 0.2) is 18.2 Å². The summed E-state index contributed by atoms with van der Waals surface area (Å²) in [5.41, 5.74) is 5.44. The van der Waals surface area contributed by atoms with Crippen LogP contribution in [0.4, 0.5) is 5.82 Å². The van der Waals surface area contributed by atoms with E-state index in [1.807, 2.05) is 0 Å². The Kier molecular flexibility index (Phi) is 4.99. The van der Waals surface area contributed by atoms with Gasteiger partial charge in [-0.25, -0.2) is 4.98 Å². The Labute approximate surface area is 161 Å². The highest BCUT2D eigenvalue weighted by Crippen LogP contribution is 2.30. The molecule has 2 saturated heterocycles. The van der Waals surface area contributed by atoms with Crippen molar-refractivity contribution in [2.75, 3.05) is 44.4 Å². The molecule has 27 heavy (non-hydrogen) atoms. The van der Waals surface area contributed by atoms with E-state index in [9.17, 15) is 0 Å². The summed E-state index contributed by atoms with van der Waals surface area (Å²) in [6, 6.07) is 7.05. The van der Waals surface area contributed by atoms with Gasteiger partial charge >= 0.3 is 0 Å². The molecule has 0 radical (unpaired) electrons. The topological polar surface area (TPSA) is 46.6 Å². The Morgan fingerprint density at radius 2 is 1.89 bits per heavy atom. The average molecular weight is 367 g/mol. The third kappa shape index (κ3) is 3.68. The van der Waals surface area contributed by atoms with Crippen molar-refractivity contribution < 1.29 is 9.47 Å². The molecule has 2 aromatic rings. The number of benzene rings is 1. The molecule has 1 atom stereocenters. The highest BCUT2D eigenvalue weighted by molar-refractivity contribution is 5.84. The number of pyridine rings is 1. The smallest absolute Gasteiger partial charge is 0.133 e. The van der Waals surface area contributed by atoms with Gasteiger partial charge in [0.15, 0.2) is 0 Å². The number of ether oxygens (including phenoxy) is 2. The minimum absolute atomic E-state index is 0.369. The summed E-state index contributed by atoms with van der Waals surface area (Å²) in [5.74, 6) is 1.13. The van der Waals surface area contributed by atoms with Crippen molar-refractivity contribution in [3.8, 4) is 0 Å². The van der Waals surface area contributed by atoms with Crippen LogP contribution in [0.25, 0.3) is 10.9 Å². The Morgan fingerprint density at radius 3 is 2.70 bits per heavy atom. The molecule has 0 saturated carbocycles. The van der Waals surface area contributed by atoms with E-state index < -0.39 is 0 Å². The maximum absolute atomic E-state index is 5.75. The van der Waals surface area contributed by atoms with E-state index in [1.165, 1.54) is 54.2 Å². The average Bonchev–Trinajstić information content (AvgIpc) is 3.38. The van der Waals surface area contributed by atoms with Gasteiger partial charge in [-0.1, -0.05) is 0 Å². The molecule has 3 aliphatic rings. The summed E-state index contributed by atoms with van der Waals surface area (Å²) in [6.07, 6.45) is 6.42. The lowest BCUT2D eigenvalue weighted by molar-refractivity contribution is 0.110. The third-order valence-electron chi connectivity index (χ3n) is 6.11. The molecule has 1 N–H and O–H groups in total. The van der Waals surface area contributed by atoms with Crippen molar-refractivity contribution in [2.45, 2.75) is 44.8 Å². The van der Waals surface area contributed by atoms with Gasteiger partial charge in [-0.15, -0.1) is 0 Å². The van der Waals surface area contributed by atoms with Gasteiger partial charge in [0.2, 0.25) is 0 Å². The molecule has 1 aromatic carbocycles. The predicted molar refractivity (Wildman–Crippen MR) is 107 cm³/mol. The first-order valence-corrected chi connectivity index (χ1v) is 10.5. The number of hydrogen-bond donors (Lipinski definition) is 1. The van der Waals surface area contributed by atoms with Gasteiger partial charge in [0, 0.05) is 43.7 Å². The molecule has 1 aliphatic carbocycles. The molecular formula is C22H29N3O2. The number of nitrogens with zero attached hydrogens (tertiary/aromatic N) is 2. The van der Waals surface area contributed by atoms with Crippen molar-refractivity contribution in [3.63, 3.8) is 0 Å². The monoisotopic (exact) mass is 367 g/mol. The van der Waals surface area contributed by atoms with Crippen LogP contribution < -0.4 is 10.2 Å². The first-order valence-electron chi connectivity index (χ1n) is 10.5. The zero-order chi connectivity index (χ0) is 18.1. The van der Waals surface area contributed by atoms with Gasteiger partial charge in [-0.2, -0.15) is 0 Å². The van der Waals surface area contributed by atoms with Gasteiger partial charge in [0.1, 0.15) is 5.82 Å². The first-order chi connectivity index (χ1) is 13.4. The number of rotatable bonds is 5. The van der Waals surface area contributed by atoms with E-state index >= 15 is 0 Å². The highest BCUT2D eigenvalue weighted by Gasteiger charge is 2.20. The first kappa shape index (κ1) is 17.4. The molecule has 5 rings (SSSR count). The third-order valence-corrected chi connectivity index (χ3v) is 6.11. The van der Waals surface area contributed by atoms with E-state index in [1.54, 1.807) is 0 Å². The summed E-state index contributed by atoms with van der Waals surface area (Å²) in [7, 11) is 0. The van der Waals surface area contributed by atoms with E-state index in [4.69, 9.17) is 14.5 Å². The molecule has 5 heteroatoms. The molecule has 0 spiro atoms. The summed E-state index contributed by atoms with van der Waals surface area (Å²) in [5, 5.41) is 4.90. The molecule has 1 aromatic heterocycles. The van der Waals surface area contributed by atoms with Crippen LogP contribution in [0.2, 0.25) is 0 Å².